The van der Waals surface area contributed by atoms with E-state index >= 15 is 9.59 Å². The monoisotopic (exact) mass is 1580 g/mol. The molecule has 5 aromatic heterocycles. The second-order valence-corrected chi connectivity index (χ2v) is 35.4. The van der Waals surface area contributed by atoms with Gasteiger partial charge in [0.25, 0.3) is 11.4 Å². The Morgan fingerprint density at radius 3 is 1.20 bits per heavy atom. The van der Waals surface area contributed by atoms with Crippen LogP contribution in [0.15, 0.2) is 161 Å². The van der Waals surface area contributed by atoms with Crippen LogP contribution in [0.3, 0.4) is 0 Å². The van der Waals surface area contributed by atoms with Crippen molar-refractivity contribution in [3.8, 4) is 31.6 Å². The van der Waals surface area contributed by atoms with E-state index < -0.39 is 10.8 Å². The molecule has 0 saturated heterocycles. The van der Waals surface area contributed by atoms with Crippen LogP contribution in [0.1, 0.15) is 244 Å². The summed E-state index contributed by atoms with van der Waals surface area (Å²) >= 11 is 26.8. The predicted molar refractivity (Wildman–Crippen MR) is 460 cm³/mol. The van der Waals surface area contributed by atoms with E-state index in [2.05, 4.69) is 159 Å². The van der Waals surface area contributed by atoms with Gasteiger partial charge in [0.1, 0.15) is 5.52 Å². The van der Waals surface area contributed by atoms with Crippen LogP contribution in [0.4, 0.5) is 0 Å². The molecule has 9 nitrogen and oxygen atoms in total. The Labute approximate surface area is 679 Å². The van der Waals surface area contributed by atoms with Crippen LogP contribution >= 0.6 is 80.1 Å². The molecule has 552 valence electrons. The van der Waals surface area contributed by atoms with Crippen molar-refractivity contribution in [2.45, 2.75) is 174 Å². The second kappa shape index (κ2) is 31.5. The molecular weight excluding hydrogens is 1510 g/mol. The van der Waals surface area contributed by atoms with Crippen LogP contribution in [-0.4, -0.2) is 21.9 Å². The quantitative estimate of drug-likeness (QED) is 0.0228. The highest BCUT2D eigenvalue weighted by Crippen LogP contribution is 2.69. The summed E-state index contributed by atoms with van der Waals surface area (Å²) in [7, 11) is 0. The average molecular weight is 1590 g/mol. The largest absolute Gasteiger partial charge is 0.289 e. The number of fused-ring (bicyclic) bond motifs is 16. The Hall–Kier alpha value is -9.61. The lowest BCUT2D eigenvalue weighted by molar-refractivity contribution is 0.103. The van der Waals surface area contributed by atoms with Crippen molar-refractivity contribution < 1.29 is 14.2 Å². The molecule has 4 aliphatic carbocycles. The number of benzene rings is 7. The van der Waals surface area contributed by atoms with Crippen LogP contribution < -0.4 is 0 Å². The standard InChI is InChI=1S/C95H79Cl3N6O3S4/c1-8-12-16-20-24-55-28-36-59(37-29-55)94(60-38-30-56(31-39-60)25-21-17-13-9-2)71-47-63(45-69-78(76(52-99)101-6)65-44-54(5)73(96)50-67(65)86(69)105)108-88(71)92-82(94)80-84-85(104-107-103-84)91-81(90(80)110-92)83-93(111-91)89-72(48-64(109-89)46-70-79(77(53-100)102-7)66-49-74(97)75(98)51-68(66)87(70)106)95(83,61-40-32-57(33-41-61)26-22-18-14-10-3)62-42-34-58(35-43-62)27-23-19-15-11-4/h28-51H,8-27H2,1-5H3/b69-45-,70-46-,78-76-,79-77+. The van der Waals surface area contributed by atoms with Gasteiger partial charge in [0, 0.05) is 74.8 Å². The molecule has 0 N–H and O–H groups in total. The summed E-state index contributed by atoms with van der Waals surface area (Å²) < 4.78 is 8.14. The maximum atomic E-state index is 15.1. The molecule has 0 fully saturated rings. The van der Waals surface area contributed by atoms with E-state index in [0.717, 1.165) is 202 Å². The number of nitrogens with zero attached hydrogens (tertiary/aromatic N) is 6. The summed E-state index contributed by atoms with van der Waals surface area (Å²) in [5, 5.41) is 34.2. The molecule has 111 heavy (non-hydrogen) atoms. The molecule has 0 unspecified atom stereocenters. The van der Waals surface area contributed by atoms with Crippen molar-refractivity contribution in [3.63, 3.8) is 0 Å². The molecule has 4 aliphatic rings. The third kappa shape index (κ3) is 12.7. The summed E-state index contributed by atoms with van der Waals surface area (Å²) in [6.45, 7) is 27.4. The third-order valence-electron chi connectivity index (χ3n) is 23.2. The molecule has 0 atom stereocenters. The minimum absolute atomic E-state index is 0.165. The van der Waals surface area contributed by atoms with Crippen molar-refractivity contribution in [2.24, 2.45) is 0 Å². The zero-order valence-electron chi connectivity index (χ0n) is 62.7. The summed E-state index contributed by atoms with van der Waals surface area (Å²) in [6, 6.07) is 52.6. The molecule has 0 bridgehead atoms. The maximum Gasteiger partial charge on any atom is 0.270 e. The van der Waals surface area contributed by atoms with E-state index in [1.807, 2.05) is 25.1 Å². The van der Waals surface area contributed by atoms with Crippen molar-refractivity contribution in [3.05, 3.63) is 298 Å². The van der Waals surface area contributed by atoms with Gasteiger partial charge in [-0.1, -0.05) is 243 Å². The zero-order chi connectivity index (χ0) is 77.0. The predicted octanol–water partition coefficient (Wildman–Crippen LogP) is 28.1. The molecular formula is C95H79Cl3N6O3S4. The van der Waals surface area contributed by atoms with Gasteiger partial charge in [0.15, 0.2) is 17.1 Å². The number of Topliss-reactive ketones (excluding diaryl/α,β-unsaturated/α-hetero) is 2. The van der Waals surface area contributed by atoms with Crippen LogP contribution in [0.25, 0.3) is 83.7 Å². The molecule has 16 rings (SSSR count). The lowest BCUT2D eigenvalue weighted by Crippen LogP contribution is -2.29. The topological polar surface area (TPSA) is 129 Å². The lowest BCUT2D eigenvalue weighted by Gasteiger charge is -2.34. The number of carbonyl (C=O) groups excluding carboxylic acids is 2. The maximum absolute atomic E-state index is 15.1. The first-order chi connectivity index (χ1) is 54.2. The van der Waals surface area contributed by atoms with Gasteiger partial charge in [0.05, 0.1) is 70.4 Å². The first-order valence-electron chi connectivity index (χ1n) is 38.9. The fraction of sp³-hybridized carbons (Fsp3) is 0.284. The van der Waals surface area contributed by atoms with E-state index in [1.165, 1.54) is 54.0 Å². The fourth-order valence-corrected chi connectivity index (χ4v) is 23.7. The van der Waals surface area contributed by atoms with Crippen LogP contribution in [0.5, 0.6) is 0 Å². The fourth-order valence-electron chi connectivity index (χ4n) is 17.7. The SMILES string of the molecule is [C-]#[N+]/C(C#N)=C1\C(=C\c2cc3c(s2)-c2sc4c(c2C3(c2ccc(CCCCCC)cc2)c2ccc(CCCCCC)cc2)c2nonc2c2sc3c(c24)C(c2ccc(CCCCCC)cc2)(c2ccc(CCCCCC)cc2)c2cc(/C=C4\C(=O)c5cc(Cl)c(Cl)cc5\C4=C(\C#N)[N+]#[C-])sc2-3)C(=O)c2cc(Cl)c(C)cc21. The Bertz CT molecular complexity index is 5960. The Morgan fingerprint density at radius 1 is 0.450 bits per heavy atom. The van der Waals surface area contributed by atoms with Crippen molar-refractivity contribution in [1.82, 2.24) is 10.3 Å². The number of unbranched alkanes of at least 4 members (excludes halogenated alkanes) is 12. The Balaban J connectivity index is 1.01. The van der Waals surface area contributed by atoms with Gasteiger partial charge in [0.2, 0.25) is 0 Å². The first kappa shape index (κ1) is 75.4. The highest BCUT2D eigenvalue weighted by atomic mass is 35.5. The second-order valence-electron chi connectivity index (χ2n) is 29.9. The lowest BCUT2D eigenvalue weighted by atomic mass is 9.66. The molecule has 0 saturated carbocycles. The number of carbonyl (C=O) groups is 2. The minimum atomic E-state index is -1.02. The van der Waals surface area contributed by atoms with E-state index in [1.54, 1.807) is 57.5 Å². The number of ketones is 2. The number of rotatable bonds is 26. The molecule has 16 heteroatoms. The molecule has 0 spiro atoms. The molecule has 0 radical (unpaired) electrons. The molecule has 5 heterocycles. The number of hydrogen-bond donors (Lipinski definition) is 0. The van der Waals surface area contributed by atoms with Crippen LogP contribution in [0.2, 0.25) is 15.1 Å². The molecule has 7 aromatic carbocycles. The third-order valence-corrected chi connectivity index (χ3v) is 29.2. The van der Waals surface area contributed by atoms with E-state index in [4.69, 9.17) is 62.9 Å². The highest BCUT2D eigenvalue weighted by molar-refractivity contribution is 7.30. The number of allylic oxidation sites excluding steroid dienone is 6. The Morgan fingerprint density at radius 2 is 0.811 bits per heavy atom. The van der Waals surface area contributed by atoms with Crippen LogP contribution in [-0.2, 0) is 36.5 Å². The number of thiophene rings is 4. The average Bonchev–Trinajstić information content (AvgIpc) is 1.49. The molecule has 12 aromatic rings. The first-order valence-corrected chi connectivity index (χ1v) is 43.3. The van der Waals surface area contributed by atoms with E-state index in [0.29, 0.717) is 38.3 Å². The van der Waals surface area contributed by atoms with Gasteiger partial charge in [-0.2, -0.15) is 0 Å². The van der Waals surface area contributed by atoms with E-state index in [9.17, 15) is 10.5 Å². The number of aryl methyl sites for hydroxylation is 5. The van der Waals surface area contributed by atoms with Gasteiger partial charge < -0.3 is 0 Å². The summed E-state index contributed by atoms with van der Waals surface area (Å²) in [5.41, 5.74) is 15.7. The number of aromatic nitrogens is 2. The van der Waals surface area contributed by atoms with Crippen LogP contribution in [0, 0.1) is 42.7 Å². The highest BCUT2D eigenvalue weighted by Gasteiger charge is 2.54. The molecule has 0 aliphatic heterocycles. The summed E-state index contributed by atoms with van der Waals surface area (Å²) in [4.78, 5) is 43.3. The number of nitriles is 2. The van der Waals surface area contributed by atoms with Gasteiger partial charge in [-0.05, 0) is 183 Å². The van der Waals surface area contributed by atoms with Gasteiger partial charge in [-0.3, -0.25) is 9.59 Å². The smallest absolute Gasteiger partial charge is 0.270 e. The van der Waals surface area contributed by atoms with Crippen molar-refractivity contribution in [2.75, 3.05) is 0 Å². The minimum Gasteiger partial charge on any atom is -0.289 e. The zero-order valence-corrected chi connectivity index (χ0v) is 68.2. The van der Waals surface area contributed by atoms with E-state index in [-0.39, 0.29) is 55.3 Å². The van der Waals surface area contributed by atoms with Crippen molar-refractivity contribution in [1.29, 1.82) is 10.5 Å². The van der Waals surface area contributed by atoms with Gasteiger partial charge in [-0.25, -0.2) is 24.8 Å². The number of hydrogen-bond acceptors (Lipinski definition) is 11. The Kier molecular flexibility index (Phi) is 21.4. The van der Waals surface area contributed by atoms with Gasteiger partial charge in [-0.15, -0.1) is 45.3 Å². The summed E-state index contributed by atoms with van der Waals surface area (Å²) in [5.74, 6) is -0.653. The van der Waals surface area contributed by atoms with Crippen molar-refractivity contribution >= 4 is 146 Å². The van der Waals surface area contributed by atoms with Gasteiger partial charge >= 0.3 is 0 Å². The molecule has 0 amide bonds. The normalized spacial score (nSPS) is 15.8. The summed E-state index contributed by atoms with van der Waals surface area (Å²) in [6.07, 6.45) is 25.7. The number of halogens is 3.